The van der Waals surface area contributed by atoms with Gasteiger partial charge in [0.1, 0.15) is 35.7 Å². The van der Waals surface area contributed by atoms with Crippen molar-refractivity contribution in [1.29, 1.82) is 0 Å². The van der Waals surface area contributed by atoms with Crippen LogP contribution in [0.5, 0.6) is 11.5 Å². The lowest BCUT2D eigenvalue weighted by Gasteiger charge is -2.29. The number of carbonyl (C=O) groups excluding carboxylic acids is 4. The number of ether oxygens (including phenoxy) is 3. The van der Waals surface area contributed by atoms with E-state index >= 15 is 0 Å². The van der Waals surface area contributed by atoms with Gasteiger partial charge in [0.2, 0.25) is 21.8 Å². The van der Waals surface area contributed by atoms with Gasteiger partial charge in [-0.15, -0.1) is 0 Å². The Labute approximate surface area is 340 Å². The molecule has 312 valence electrons. The van der Waals surface area contributed by atoms with E-state index < -0.39 is 63.3 Å². The van der Waals surface area contributed by atoms with Crippen molar-refractivity contribution in [3.63, 3.8) is 0 Å². The number of carbonyl (C=O) groups is 4. The minimum absolute atomic E-state index is 0.0184. The van der Waals surface area contributed by atoms with Gasteiger partial charge in [-0.05, 0) is 56.6 Å². The number of benzene rings is 2. The molecule has 0 radical (unpaired) electrons. The van der Waals surface area contributed by atoms with Crippen LogP contribution in [-0.2, 0) is 35.6 Å². The van der Waals surface area contributed by atoms with Crippen LogP contribution in [0.25, 0.3) is 22.2 Å². The van der Waals surface area contributed by atoms with Gasteiger partial charge in [-0.25, -0.2) is 18.2 Å². The van der Waals surface area contributed by atoms with E-state index in [9.17, 15) is 27.6 Å². The molecule has 1 aromatic heterocycles. The highest BCUT2D eigenvalue weighted by atomic mass is 32.2. The predicted molar refractivity (Wildman–Crippen MR) is 218 cm³/mol. The molecule has 4 atom stereocenters. The molecule has 1 aliphatic carbocycles. The molecule has 4 aliphatic rings. The van der Waals surface area contributed by atoms with Crippen molar-refractivity contribution in [2.24, 2.45) is 0 Å². The minimum atomic E-state index is -3.86. The van der Waals surface area contributed by atoms with Gasteiger partial charge in [-0.2, -0.15) is 0 Å². The smallest absolute Gasteiger partial charge is 0.407 e. The summed E-state index contributed by atoms with van der Waals surface area (Å²) in [6.07, 6.45) is 8.96. The maximum absolute atomic E-state index is 14.6. The van der Waals surface area contributed by atoms with Crippen molar-refractivity contribution in [3.8, 4) is 22.8 Å². The number of aryl methyl sites for hydroxylation is 1. The molecule has 4 amide bonds. The number of hydrogen-bond acceptors (Lipinski definition) is 10. The Morgan fingerprint density at radius 3 is 2.36 bits per heavy atom. The Morgan fingerprint density at radius 2 is 1.60 bits per heavy atom. The summed E-state index contributed by atoms with van der Waals surface area (Å²) in [5, 5.41) is 5.79. The van der Waals surface area contributed by atoms with Gasteiger partial charge in [0.25, 0.3) is 5.91 Å². The lowest BCUT2D eigenvalue weighted by Crippen LogP contribution is -2.56. The molecule has 2 aromatic carbocycles. The van der Waals surface area contributed by atoms with E-state index in [1.807, 2.05) is 48.5 Å². The molecule has 5 bridgehead atoms. The molecule has 3 fully saturated rings. The molecule has 3 aliphatic heterocycles. The van der Waals surface area contributed by atoms with Gasteiger partial charge < -0.3 is 29.7 Å². The lowest BCUT2D eigenvalue weighted by atomic mass is 10.0. The molecule has 0 spiro atoms. The SMILES string of the molecule is COc1cc2nc(-c3ccccc3)cc3c2cc1CCCCCCOC(=O)N[C@H]1CCCCCCCCC(C(=O)NS(=O)(=O)C2CC2)NC(=O)[C@@H]2C[C@H](CN2C1=O)O3. The van der Waals surface area contributed by atoms with Crippen LogP contribution >= 0.6 is 0 Å². The van der Waals surface area contributed by atoms with E-state index in [4.69, 9.17) is 19.2 Å². The molecule has 14 nitrogen and oxygen atoms in total. The van der Waals surface area contributed by atoms with Crippen molar-refractivity contribution in [3.05, 3.63) is 54.1 Å². The van der Waals surface area contributed by atoms with E-state index in [0.29, 0.717) is 61.2 Å². The topological polar surface area (TPSA) is 182 Å². The maximum atomic E-state index is 14.6. The fourth-order valence-corrected chi connectivity index (χ4v) is 9.60. The summed E-state index contributed by atoms with van der Waals surface area (Å²) in [6.45, 7) is 0.222. The number of pyridine rings is 1. The summed E-state index contributed by atoms with van der Waals surface area (Å²) < 4.78 is 46.0. The van der Waals surface area contributed by atoms with Gasteiger partial charge in [-0.3, -0.25) is 19.1 Å². The predicted octanol–water partition coefficient (Wildman–Crippen LogP) is 5.70. The number of sulfonamides is 1. The fraction of sp³-hybridized carbons (Fsp3) is 0.558. The van der Waals surface area contributed by atoms with Crippen LogP contribution in [0.1, 0.15) is 102 Å². The average molecular weight is 818 g/mol. The summed E-state index contributed by atoms with van der Waals surface area (Å²) in [5.41, 5.74) is 3.22. The Hall–Kier alpha value is -4.92. The standard InChI is InChI=1S/C43H55N5O9S/c1-55-38-26-36-32-23-29(38)17-9-6-7-14-22-56-43(52)46-34-19-13-5-3-2-4-12-18-33(40(49)47-58(53,54)31-20-21-31)45-41(50)37-24-30(27-48(37)42(34)51)57-39(32)25-35(44-36)28-15-10-8-11-16-28/h8,10-11,15-16,23,25-26,30-31,33-34,37H,2-7,9,12-14,17-22,24,27H2,1H3,(H,45,50)(H,46,52)(H,47,49)/t30-,33?,34+,37+/m1/s1. The van der Waals surface area contributed by atoms with Gasteiger partial charge in [-0.1, -0.05) is 81.7 Å². The molecule has 3 aromatic rings. The van der Waals surface area contributed by atoms with Crippen LogP contribution in [-0.4, -0.2) is 91.9 Å². The molecule has 3 N–H and O–H groups in total. The summed E-state index contributed by atoms with van der Waals surface area (Å²) in [4.78, 5) is 62.1. The molecule has 4 heterocycles. The Bertz CT molecular complexity index is 2080. The first kappa shape index (κ1) is 41.2. The highest BCUT2D eigenvalue weighted by Crippen LogP contribution is 2.37. The average Bonchev–Trinajstić information content (AvgIpc) is 4.00. The van der Waals surface area contributed by atoms with Gasteiger partial charge in [0, 0.05) is 29.5 Å². The van der Waals surface area contributed by atoms with Crippen molar-refractivity contribution in [2.75, 3.05) is 20.3 Å². The number of rotatable bonds is 5. The second kappa shape index (κ2) is 18.8. The third kappa shape index (κ3) is 10.2. The molecular weight excluding hydrogens is 763 g/mol. The van der Waals surface area contributed by atoms with Crippen molar-refractivity contribution >= 4 is 44.7 Å². The zero-order valence-electron chi connectivity index (χ0n) is 33.2. The summed E-state index contributed by atoms with van der Waals surface area (Å²) in [7, 11) is -2.22. The summed E-state index contributed by atoms with van der Waals surface area (Å²) in [6, 6.07) is 12.4. The number of amides is 4. The van der Waals surface area contributed by atoms with E-state index in [0.717, 1.165) is 67.9 Å². The largest absolute Gasteiger partial charge is 0.496 e. The number of alkyl carbamates (subject to hydrolysis) is 1. The monoisotopic (exact) mass is 817 g/mol. The van der Waals surface area contributed by atoms with E-state index in [1.165, 1.54) is 4.90 Å². The van der Waals surface area contributed by atoms with E-state index in [1.54, 1.807) is 7.11 Å². The maximum Gasteiger partial charge on any atom is 0.407 e. The number of nitrogens with one attached hydrogen (secondary N) is 3. The zero-order chi connectivity index (χ0) is 40.6. The van der Waals surface area contributed by atoms with Crippen LogP contribution < -0.4 is 24.8 Å². The molecule has 2 saturated heterocycles. The van der Waals surface area contributed by atoms with Crippen LogP contribution in [0.15, 0.2) is 48.5 Å². The first-order valence-corrected chi connectivity index (χ1v) is 22.5. The highest BCUT2D eigenvalue weighted by molar-refractivity contribution is 7.90. The minimum Gasteiger partial charge on any atom is -0.496 e. The van der Waals surface area contributed by atoms with E-state index in [-0.39, 0.29) is 26.0 Å². The van der Waals surface area contributed by atoms with Crippen LogP contribution in [0.2, 0.25) is 0 Å². The zero-order valence-corrected chi connectivity index (χ0v) is 34.0. The highest BCUT2D eigenvalue weighted by Gasteiger charge is 2.45. The van der Waals surface area contributed by atoms with Crippen LogP contribution in [0, 0.1) is 0 Å². The van der Waals surface area contributed by atoms with Crippen molar-refractivity contribution in [1.82, 2.24) is 25.2 Å². The first-order valence-electron chi connectivity index (χ1n) is 20.9. The first-order chi connectivity index (χ1) is 28.1. The Balaban J connectivity index is 1.26. The molecular formula is C43H55N5O9S. The second-order valence-electron chi connectivity index (χ2n) is 16.0. The summed E-state index contributed by atoms with van der Waals surface area (Å²) >= 11 is 0. The lowest BCUT2D eigenvalue weighted by molar-refractivity contribution is -0.141. The Kier molecular flexibility index (Phi) is 13.4. The molecule has 1 unspecified atom stereocenters. The third-order valence-electron chi connectivity index (χ3n) is 11.6. The van der Waals surface area contributed by atoms with Crippen LogP contribution in [0.3, 0.4) is 0 Å². The van der Waals surface area contributed by atoms with Gasteiger partial charge in [0.05, 0.1) is 36.7 Å². The van der Waals surface area contributed by atoms with Gasteiger partial charge >= 0.3 is 6.09 Å². The Morgan fingerprint density at radius 1 is 0.879 bits per heavy atom. The molecule has 58 heavy (non-hydrogen) atoms. The quantitative estimate of drug-likeness (QED) is 0.289. The molecule has 15 heteroatoms. The third-order valence-corrected chi connectivity index (χ3v) is 13.5. The number of methoxy groups -OCH3 is 1. The summed E-state index contributed by atoms with van der Waals surface area (Å²) in [5.74, 6) is -0.590. The number of hydrogen-bond donors (Lipinski definition) is 3. The van der Waals surface area contributed by atoms with Gasteiger partial charge in [0.15, 0.2) is 0 Å². The van der Waals surface area contributed by atoms with Crippen molar-refractivity contribution in [2.45, 2.75) is 132 Å². The molecule has 7 rings (SSSR count). The number of nitrogens with zero attached hydrogens (tertiary/aromatic N) is 2. The van der Waals surface area contributed by atoms with Crippen molar-refractivity contribution < 1.29 is 41.8 Å². The molecule has 1 saturated carbocycles. The number of aromatic nitrogens is 1. The fourth-order valence-electron chi connectivity index (χ4n) is 8.25. The second-order valence-corrected chi connectivity index (χ2v) is 18.0. The number of fused-ring (bicyclic) bond motifs is 3. The van der Waals surface area contributed by atoms with Crippen LogP contribution in [0.4, 0.5) is 4.79 Å². The normalized spacial score (nSPS) is 24.5. The number of cyclic esters (lactones) is 1. The van der Waals surface area contributed by atoms with E-state index in [2.05, 4.69) is 15.4 Å².